The molecule has 5 heteroatoms. The Morgan fingerprint density at radius 2 is 1.14 bits per heavy atom. The number of rotatable bonds is 5. The SMILES string of the molecule is CC.CC.CC.C[CH-]c1ncc(-c2ccc(C#Cc3ccc4cc(-c5cnc(C(C)C(C)C)[nH]5)ccc4c3)cc2)[nH]1.[CH3-].[CH3-].[Y+3]. The molecule has 0 saturated heterocycles. The minimum Gasteiger partial charge on any atom is -0.368 e. The van der Waals surface area contributed by atoms with Gasteiger partial charge < -0.3 is 31.2 Å². The fourth-order valence-electron chi connectivity index (χ4n) is 4.03. The summed E-state index contributed by atoms with van der Waals surface area (Å²) in [5.74, 6) is 9.46. The van der Waals surface area contributed by atoms with Crippen LogP contribution in [0.1, 0.15) is 97.9 Å². The smallest absolute Gasteiger partial charge is 0.368 e. The number of H-pyrrole nitrogens is 2. The monoisotopic (exact) mass is 666 g/mol. The van der Waals surface area contributed by atoms with Crippen LogP contribution in [0.2, 0.25) is 0 Å². The van der Waals surface area contributed by atoms with E-state index in [1.807, 2.05) is 79.4 Å². The maximum absolute atomic E-state index is 4.61. The molecule has 2 N–H and O–H groups in total. The predicted molar refractivity (Wildman–Crippen MR) is 191 cm³/mol. The van der Waals surface area contributed by atoms with Gasteiger partial charge in [-0.15, -0.1) is 0 Å². The van der Waals surface area contributed by atoms with Gasteiger partial charge in [-0.25, -0.2) is 4.98 Å². The van der Waals surface area contributed by atoms with E-state index in [4.69, 9.17) is 0 Å². The number of hydrogen-bond donors (Lipinski definition) is 2. The zero-order chi connectivity index (χ0) is 30.4. The van der Waals surface area contributed by atoms with Crippen LogP contribution >= 0.6 is 0 Å². The summed E-state index contributed by atoms with van der Waals surface area (Å²) in [6, 6.07) is 21.1. The van der Waals surface area contributed by atoms with Crippen molar-refractivity contribution in [1.29, 1.82) is 0 Å². The summed E-state index contributed by atoms with van der Waals surface area (Å²) in [4.78, 5) is 15.7. The van der Waals surface area contributed by atoms with Gasteiger partial charge in [-0.1, -0.05) is 104 Å². The number of aromatic nitrogens is 4. The van der Waals surface area contributed by atoms with Crippen molar-refractivity contribution in [2.24, 2.45) is 5.92 Å². The third-order valence-corrected chi connectivity index (χ3v) is 6.59. The quantitative estimate of drug-likeness (QED) is 0.145. The van der Waals surface area contributed by atoms with Crippen molar-refractivity contribution in [1.82, 2.24) is 19.9 Å². The summed E-state index contributed by atoms with van der Waals surface area (Å²) < 4.78 is 0. The molecule has 5 rings (SSSR count). The van der Waals surface area contributed by atoms with Gasteiger partial charge in [-0.05, 0) is 58.4 Å². The zero-order valence-corrected chi connectivity index (χ0v) is 32.0. The minimum atomic E-state index is 0. The van der Waals surface area contributed by atoms with Gasteiger partial charge in [0.25, 0.3) is 0 Å². The Hall–Kier alpha value is -3.13. The molecule has 0 aliphatic carbocycles. The average Bonchev–Trinajstić information content (AvgIpc) is 3.73. The minimum absolute atomic E-state index is 0. The van der Waals surface area contributed by atoms with Crippen molar-refractivity contribution < 1.29 is 32.7 Å². The second-order valence-electron chi connectivity index (χ2n) is 9.29. The first-order chi connectivity index (χ1) is 20.0. The first-order valence-electron chi connectivity index (χ1n) is 15.1. The number of nitrogens with one attached hydrogen (secondary N) is 2. The summed E-state index contributed by atoms with van der Waals surface area (Å²) in [7, 11) is 0. The number of imidazole rings is 2. The van der Waals surface area contributed by atoms with Gasteiger partial charge in [0.05, 0.1) is 17.6 Å². The van der Waals surface area contributed by atoms with Crippen LogP contribution in [0.15, 0.2) is 73.1 Å². The van der Waals surface area contributed by atoms with Crippen molar-refractivity contribution in [2.75, 3.05) is 0 Å². The van der Waals surface area contributed by atoms with Gasteiger partial charge in [0.1, 0.15) is 5.82 Å². The molecule has 2 heterocycles. The summed E-state index contributed by atoms with van der Waals surface area (Å²) in [5.41, 5.74) is 6.29. The second kappa shape index (κ2) is 22.4. The fraction of sp³-hybridized carbons (Fsp3) is 0.308. The van der Waals surface area contributed by atoms with Crippen LogP contribution in [-0.2, 0) is 32.7 Å². The second-order valence-corrected chi connectivity index (χ2v) is 9.29. The summed E-state index contributed by atoms with van der Waals surface area (Å²) >= 11 is 0. The Kier molecular flexibility index (Phi) is 21.9. The first kappa shape index (κ1) is 43.0. The van der Waals surface area contributed by atoms with Crippen LogP contribution in [0, 0.1) is 39.0 Å². The normalized spacial score (nSPS) is 9.89. The molecule has 3 aromatic carbocycles. The molecule has 1 unspecified atom stereocenters. The van der Waals surface area contributed by atoms with E-state index >= 15 is 0 Å². The molecule has 0 amide bonds. The molecule has 2 aromatic heterocycles. The molecule has 0 bridgehead atoms. The Morgan fingerprint density at radius 3 is 1.73 bits per heavy atom. The number of fused-ring (bicyclic) bond motifs is 1. The molecule has 0 saturated carbocycles. The van der Waals surface area contributed by atoms with Crippen LogP contribution in [0.4, 0.5) is 0 Å². The third-order valence-electron chi connectivity index (χ3n) is 6.59. The number of nitrogens with zero attached hydrogens (tertiary/aromatic N) is 2. The molecule has 44 heavy (non-hydrogen) atoms. The van der Waals surface area contributed by atoms with Gasteiger partial charge in [-0.3, -0.25) is 4.98 Å². The topological polar surface area (TPSA) is 57.4 Å². The average molecular weight is 667 g/mol. The van der Waals surface area contributed by atoms with E-state index in [0.717, 1.165) is 45.3 Å². The van der Waals surface area contributed by atoms with Gasteiger partial charge in [0, 0.05) is 28.8 Å². The summed E-state index contributed by atoms with van der Waals surface area (Å²) in [5, 5.41) is 2.36. The first-order valence-corrected chi connectivity index (χ1v) is 15.1. The van der Waals surface area contributed by atoms with E-state index in [1.165, 1.54) is 10.8 Å². The van der Waals surface area contributed by atoms with Crippen LogP contribution in [-0.4, -0.2) is 19.9 Å². The van der Waals surface area contributed by atoms with Gasteiger partial charge >= 0.3 is 32.7 Å². The third kappa shape index (κ3) is 11.4. The van der Waals surface area contributed by atoms with E-state index in [-0.39, 0.29) is 47.6 Å². The predicted octanol–water partition coefficient (Wildman–Crippen LogP) is 11.3. The molecule has 0 radical (unpaired) electrons. The maximum atomic E-state index is 4.61. The molecule has 0 fully saturated rings. The molecular weight excluding hydrogens is 613 g/mol. The molecule has 0 aliphatic heterocycles. The fourth-order valence-corrected chi connectivity index (χ4v) is 4.03. The van der Waals surface area contributed by atoms with Crippen molar-refractivity contribution in [2.45, 2.75) is 75.2 Å². The number of aromatic amines is 2. The van der Waals surface area contributed by atoms with Crippen molar-refractivity contribution in [3.05, 3.63) is 117 Å². The van der Waals surface area contributed by atoms with E-state index in [1.54, 1.807) is 0 Å². The molecule has 4 nitrogen and oxygen atoms in total. The van der Waals surface area contributed by atoms with E-state index < -0.39 is 0 Å². The van der Waals surface area contributed by atoms with Crippen LogP contribution in [0.5, 0.6) is 0 Å². The van der Waals surface area contributed by atoms with E-state index in [9.17, 15) is 0 Å². The molecule has 232 valence electrons. The van der Waals surface area contributed by atoms with E-state index in [0.29, 0.717) is 11.8 Å². The molecular formula is C39H53N4Y. The molecule has 5 aromatic rings. The zero-order valence-electron chi connectivity index (χ0n) is 29.1. The Labute approximate surface area is 294 Å². The summed E-state index contributed by atoms with van der Waals surface area (Å²) in [6.45, 7) is 20.6. The largest absolute Gasteiger partial charge is 3.00 e. The maximum Gasteiger partial charge on any atom is 3.00 e. The summed E-state index contributed by atoms with van der Waals surface area (Å²) in [6.07, 6.45) is 5.75. The molecule has 0 aliphatic rings. The Morgan fingerprint density at radius 1 is 0.636 bits per heavy atom. The van der Waals surface area contributed by atoms with Gasteiger partial charge in [-0.2, -0.15) is 6.92 Å². The van der Waals surface area contributed by atoms with Gasteiger partial charge in [0.15, 0.2) is 0 Å². The van der Waals surface area contributed by atoms with Crippen molar-refractivity contribution >= 4 is 10.8 Å². The standard InChI is InChI=1S/C31H29N4.3C2H6.2CH3.Y/c1-5-30-32-18-28(34-30)24-11-8-22(9-12-24)6-7-23-10-13-26-17-27(15-14-25(26)16-23)29-19-33-31(35-29)21(4)20(2)3;3*1-2;;;/h5,8-21H,1-4H3,(H,32,34)(H,33,35);3*1-2H3;2*1H3;/q-1;;;;2*-1;+3. The van der Waals surface area contributed by atoms with Crippen molar-refractivity contribution in [3.8, 4) is 34.4 Å². The Balaban J connectivity index is 0. The van der Waals surface area contributed by atoms with Crippen molar-refractivity contribution in [3.63, 3.8) is 0 Å². The van der Waals surface area contributed by atoms with Crippen LogP contribution < -0.4 is 0 Å². The van der Waals surface area contributed by atoms with E-state index in [2.05, 4.69) is 101 Å². The number of benzene rings is 3. The molecule has 1 atom stereocenters. The number of hydrogen-bond acceptors (Lipinski definition) is 2. The Bertz CT molecular complexity index is 1530. The van der Waals surface area contributed by atoms with Crippen LogP contribution in [0.25, 0.3) is 33.3 Å². The van der Waals surface area contributed by atoms with Crippen LogP contribution in [0.3, 0.4) is 0 Å². The molecule has 0 spiro atoms. The van der Waals surface area contributed by atoms with Gasteiger partial charge in [0.2, 0.25) is 0 Å².